The molecule has 0 N–H and O–H groups in total. The largest absolute Gasteiger partial charge is 0.466 e. The molecule has 0 aliphatic rings. The molecule has 0 aromatic rings. The molecule has 22 heavy (non-hydrogen) atoms. The van der Waals surface area contributed by atoms with Crippen molar-refractivity contribution in [2.24, 2.45) is 0 Å². The standard InChI is InChI=1S/C8H18OSi2.C6H8O4.Pt/c1-7-11(6,8-2)9-10(3,4)5;1-9-5(7)3-4-6(8)10-2;/h7-8H,1-2H2,3-6H3;3-4H,1-2H3;. The van der Waals surface area contributed by atoms with Crippen molar-refractivity contribution >= 4 is 28.6 Å². The van der Waals surface area contributed by atoms with E-state index in [1.165, 1.54) is 14.2 Å². The summed E-state index contributed by atoms with van der Waals surface area (Å²) in [5.74, 6) is -1.16. The first-order chi connectivity index (χ1) is 9.53. The van der Waals surface area contributed by atoms with Crippen molar-refractivity contribution in [3.05, 3.63) is 36.7 Å². The van der Waals surface area contributed by atoms with Crippen molar-refractivity contribution in [3.63, 3.8) is 0 Å². The third kappa shape index (κ3) is 15.6. The van der Waals surface area contributed by atoms with Gasteiger partial charge in [-0.2, -0.15) is 0 Å². The Bertz CT molecular complexity index is 377. The molecule has 0 rings (SSSR count). The van der Waals surface area contributed by atoms with Gasteiger partial charge >= 0.3 is 11.9 Å². The van der Waals surface area contributed by atoms with Gasteiger partial charge in [-0.1, -0.05) is 11.4 Å². The number of carbonyl (C=O) groups excluding carboxylic acids is 2. The molecule has 0 aliphatic carbocycles. The zero-order valence-electron chi connectivity index (χ0n) is 14.1. The molecule has 0 unspecified atom stereocenters. The van der Waals surface area contributed by atoms with Crippen LogP contribution in [-0.2, 0) is 44.2 Å². The first-order valence-corrected chi connectivity index (χ1v) is 12.3. The summed E-state index contributed by atoms with van der Waals surface area (Å²) in [6.07, 6.45) is 1.98. The Labute approximate surface area is 149 Å². The van der Waals surface area contributed by atoms with Gasteiger partial charge < -0.3 is 13.6 Å². The maximum atomic E-state index is 10.3. The summed E-state index contributed by atoms with van der Waals surface area (Å²) in [5.41, 5.74) is 3.86. The monoisotopic (exact) mass is 525 g/mol. The van der Waals surface area contributed by atoms with E-state index in [2.05, 4.69) is 48.8 Å². The van der Waals surface area contributed by atoms with Gasteiger partial charge in [-0.05, 0) is 26.2 Å². The van der Waals surface area contributed by atoms with E-state index >= 15 is 0 Å². The summed E-state index contributed by atoms with van der Waals surface area (Å²) < 4.78 is 14.4. The number of hydrogen-bond donors (Lipinski definition) is 0. The molecule has 0 aromatic carbocycles. The third-order valence-electron chi connectivity index (χ3n) is 2.09. The van der Waals surface area contributed by atoms with Crippen LogP contribution in [0.4, 0.5) is 0 Å². The first-order valence-electron chi connectivity index (χ1n) is 6.35. The zero-order chi connectivity index (χ0) is 17.1. The van der Waals surface area contributed by atoms with E-state index in [0.717, 1.165) is 12.2 Å². The molecule has 0 saturated heterocycles. The molecule has 0 radical (unpaired) electrons. The van der Waals surface area contributed by atoms with Gasteiger partial charge in [0.15, 0.2) is 8.32 Å². The minimum atomic E-state index is -1.74. The SMILES string of the molecule is C=C[Si](C)(C=C)O[Si](C)(C)C.COC(=O)C=CC(=O)OC.[Pt]. The molecule has 130 valence electrons. The van der Waals surface area contributed by atoms with Crippen molar-refractivity contribution in [1.29, 1.82) is 0 Å². The third-order valence-corrected chi connectivity index (χ3v) is 7.92. The fourth-order valence-electron chi connectivity index (χ4n) is 1.10. The molecule has 8 heteroatoms. The van der Waals surface area contributed by atoms with Crippen molar-refractivity contribution < 1.29 is 44.2 Å². The van der Waals surface area contributed by atoms with Gasteiger partial charge in [-0.3, -0.25) is 0 Å². The van der Waals surface area contributed by atoms with E-state index in [1.807, 2.05) is 11.4 Å². The van der Waals surface area contributed by atoms with E-state index < -0.39 is 28.6 Å². The van der Waals surface area contributed by atoms with Gasteiger partial charge in [0, 0.05) is 33.2 Å². The fourth-order valence-corrected chi connectivity index (χ4v) is 7.21. The Kier molecular flexibility index (Phi) is 15.2. The van der Waals surface area contributed by atoms with Gasteiger partial charge in [0.2, 0.25) is 8.32 Å². The molecule has 0 spiro atoms. The van der Waals surface area contributed by atoms with Crippen LogP contribution >= 0.6 is 0 Å². The van der Waals surface area contributed by atoms with Crippen LogP contribution in [0.5, 0.6) is 0 Å². The number of carbonyl (C=O) groups is 2. The Morgan fingerprint density at radius 1 is 0.864 bits per heavy atom. The van der Waals surface area contributed by atoms with E-state index in [0.29, 0.717) is 0 Å². The topological polar surface area (TPSA) is 61.8 Å². The summed E-state index contributed by atoms with van der Waals surface area (Å²) in [6.45, 7) is 16.2. The van der Waals surface area contributed by atoms with Crippen molar-refractivity contribution in [2.75, 3.05) is 14.2 Å². The molecule has 5 nitrogen and oxygen atoms in total. The summed E-state index contributed by atoms with van der Waals surface area (Å²) in [5, 5.41) is 0. The van der Waals surface area contributed by atoms with E-state index in [-0.39, 0.29) is 21.1 Å². The van der Waals surface area contributed by atoms with Crippen molar-refractivity contribution in [1.82, 2.24) is 0 Å². The fraction of sp³-hybridized carbons (Fsp3) is 0.429. The maximum absolute atomic E-state index is 10.3. The second-order valence-corrected chi connectivity index (χ2v) is 13.4. The predicted molar refractivity (Wildman–Crippen MR) is 89.6 cm³/mol. The predicted octanol–water partition coefficient (Wildman–Crippen LogP) is 2.75. The van der Waals surface area contributed by atoms with Gasteiger partial charge in [0.05, 0.1) is 14.2 Å². The minimum Gasteiger partial charge on any atom is -0.466 e. The van der Waals surface area contributed by atoms with Crippen LogP contribution in [0.3, 0.4) is 0 Å². The maximum Gasteiger partial charge on any atom is 0.330 e. The van der Waals surface area contributed by atoms with Crippen LogP contribution in [0.2, 0.25) is 26.2 Å². The summed E-state index contributed by atoms with van der Waals surface area (Å²) in [6, 6.07) is 0. The van der Waals surface area contributed by atoms with E-state index in [9.17, 15) is 9.59 Å². The van der Waals surface area contributed by atoms with Crippen LogP contribution in [0, 0.1) is 0 Å². The molecule has 0 saturated carbocycles. The van der Waals surface area contributed by atoms with Crippen LogP contribution < -0.4 is 0 Å². The number of rotatable bonds is 6. The molecule has 0 heterocycles. The molecular weight excluding hydrogens is 499 g/mol. The molecular formula is C14H26O5PtSi2. The molecule has 0 amide bonds. The number of esters is 2. The van der Waals surface area contributed by atoms with Crippen LogP contribution in [0.1, 0.15) is 0 Å². The van der Waals surface area contributed by atoms with Crippen molar-refractivity contribution in [3.8, 4) is 0 Å². The summed E-state index contributed by atoms with van der Waals surface area (Å²) >= 11 is 0. The van der Waals surface area contributed by atoms with Crippen LogP contribution in [-0.4, -0.2) is 42.8 Å². The second-order valence-electron chi connectivity index (χ2n) is 5.19. The van der Waals surface area contributed by atoms with Gasteiger partial charge in [-0.15, -0.1) is 13.2 Å². The minimum absolute atomic E-state index is 0. The number of hydrogen-bond acceptors (Lipinski definition) is 5. The number of ether oxygens (including phenoxy) is 2. The zero-order valence-corrected chi connectivity index (χ0v) is 18.4. The van der Waals surface area contributed by atoms with Gasteiger partial charge in [-0.25, -0.2) is 9.59 Å². The smallest absolute Gasteiger partial charge is 0.330 e. The number of methoxy groups -OCH3 is 2. The molecule has 0 fully saturated rings. The Hall–Kier alpha value is -0.758. The Morgan fingerprint density at radius 2 is 1.18 bits per heavy atom. The van der Waals surface area contributed by atoms with Crippen molar-refractivity contribution in [2.45, 2.75) is 26.2 Å². The molecule has 0 aliphatic heterocycles. The van der Waals surface area contributed by atoms with Crippen LogP contribution in [0.25, 0.3) is 0 Å². The normalized spacial score (nSPS) is 10.6. The van der Waals surface area contributed by atoms with Gasteiger partial charge in [0.1, 0.15) is 0 Å². The summed E-state index contributed by atoms with van der Waals surface area (Å²) in [7, 11) is -0.706. The van der Waals surface area contributed by atoms with Gasteiger partial charge in [0.25, 0.3) is 0 Å². The second kappa shape index (κ2) is 12.8. The molecule has 0 bridgehead atoms. The quantitative estimate of drug-likeness (QED) is 0.303. The van der Waals surface area contributed by atoms with E-state index in [4.69, 9.17) is 4.12 Å². The summed E-state index contributed by atoms with van der Waals surface area (Å²) in [4.78, 5) is 20.6. The van der Waals surface area contributed by atoms with E-state index in [1.54, 1.807) is 0 Å². The molecule has 0 aromatic heterocycles. The Morgan fingerprint density at radius 3 is 1.32 bits per heavy atom. The Balaban J connectivity index is -0.000000315. The average Bonchev–Trinajstić information content (AvgIpc) is 2.42. The van der Waals surface area contributed by atoms with Crippen LogP contribution in [0.15, 0.2) is 36.7 Å². The average molecular weight is 526 g/mol. The first kappa shape index (κ1) is 26.2. The molecule has 0 atom stereocenters.